The van der Waals surface area contributed by atoms with E-state index in [0.717, 1.165) is 18.0 Å². The van der Waals surface area contributed by atoms with Crippen LogP contribution >= 0.6 is 11.3 Å². The van der Waals surface area contributed by atoms with Crippen LogP contribution in [-0.2, 0) is 9.53 Å². The topological polar surface area (TPSA) is 50.4 Å². The van der Waals surface area contributed by atoms with E-state index < -0.39 is 0 Å². The molecule has 1 heterocycles. The van der Waals surface area contributed by atoms with Gasteiger partial charge in [-0.05, 0) is 17.5 Å². The third kappa shape index (κ3) is 6.88. The molecule has 0 saturated carbocycles. The summed E-state index contributed by atoms with van der Waals surface area (Å²) in [7, 11) is 1.67. The van der Waals surface area contributed by atoms with Crippen molar-refractivity contribution in [3.8, 4) is 0 Å². The van der Waals surface area contributed by atoms with Crippen molar-refractivity contribution in [2.75, 3.05) is 33.4 Å². The number of hydrogen-bond acceptors (Lipinski definition) is 4. The molecule has 1 aromatic rings. The fourth-order valence-corrected chi connectivity index (χ4v) is 1.79. The SMILES string of the molecule is COCCNCCNC(=O)/C=C/c1cccs1. The van der Waals surface area contributed by atoms with Crippen LogP contribution in [0.1, 0.15) is 4.88 Å². The molecule has 0 aliphatic carbocycles. The molecule has 1 amide bonds. The summed E-state index contributed by atoms with van der Waals surface area (Å²) in [5.41, 5.74) is 0. The first-order chi connectivity index (χ1) is 8.33. The predicted molar refractivity (Wildman–Crippen MR) is 71.1 cm³/mol. The minimum atomic E-state index is -0.0630. The van der Waals surface area contributed by atoms with Gasteiger partial charge in [-0.3, -0.25) is 4.79 Å². The molecule has 1 rings (SSSR count). The highest BCUT2D eigenvalue weighted by Crippen LogP contribution is 2.09. The summed E-state index contributed by atoms with van der Waals surface area (Å²) in [6, 6.07) is 3.93. The second kappa shape index (κ2) is 8.92. The van der Waals surface area contributed by atoms with Crippen molar-refractivity contribution in [3.05, 3.63) is 28.5 Å². The van der Waals surface area contributed by atoms with E-state index in [0.29, 0.717) is 13.2 Å². The number of hydrogen-bond donors (Lipinski definition) is 2. The Hall–Kier alpha value is -1.17. The quantitative estimate of drug-likeness (QED) is 0.540. The second-order valence-corrected chi connectivity index (χ2v) is 4.36. The maximum absolute atomic E-state index is 11.4. The van der Waals surface area contributed by atoms with Crippen LogP contribution in [-0.4, -0.2) is 39.3 Å². The van der Waals surface area contributed by atoms with Crippen LogP contribution in [0, 0.1) is 0 Å². The van der Waals surface area contributed by atoms with E-state index in [1.54, 1.807) is 24.5 Å². The van der Waals surface area contributed by atoms with Crippen LogP contribution < -0.4 is 10.6 Å². The van der Waals surface area contributed by atoms with E-state index in [-0.39, 0.29) is 5.91 Å². The van der Waals surface area contributed by atoms with Crippen LogP contribution in [0.15, 0.2) is 23.6 Å². The third-order valence-corrected chi connectivity index (χ3v) is 2.86. The predicted octanol–water partition coefficient (Wildman–Crippen LogP) is 1.11. The Labute approximate surface area is 106 Å². The van der Waals surface area contributed by atoms with Gasteiger partial charge in [-0.25, -0.2) is 0 Å². The van der Waals surface area contributed by atoms with Crippen LogP contribution in [0.4, 0.5) is 0 Å². The van der Waals surface area contributed by atoms with Gasteiger partial charge < -0.3 is 15.4 Å². The zero-order valence-corrected chi connectivity index (χ0v) is 10.8. The highest BCUT2D eigenvalue weighted by Gasteiger charge is 1.94. The van der Waals surface area contributed by atoms with Crippen molar-refractivity contribution in [2.45, 2.75) is 0 Å². The van der Waals surface area contributed by atoms with Gasteiger partial charge in [0.25, 0.3) is 0 Å². The lowest BCUT2D eigenvalue weighted by Gasteiger charge is -2.04. The molecule has 94 valence electrons. The highest BCUT2D eigenvalue weighted by molar-refractivity contribution is 7.10. The highest BCUT2D eigenvalue weighted by atomic mass is 32.1. The van der Waals surface area contributed by atoms with E-state index in [2.05, 4.69) is 10.6 Å². The van der Waals surface area contributed by atoms with E-state index in [1.807, 2.05) is 23.6 Å². The van der Waals surface area contributed by atoms with Gasteiger partial charge in [0.05, 0.1) is 6.61 Å². The number of ether oxygens (including phenoxy) is 1. The Morgan fingerprint density at radius 3 is 3.06 bits per heavy atom. The van der Waals surface area contributed by atoms with E-state index in [9.17, 15) is 4.79 Å². The van der Waals surface area contributed by atoms with Gasteiger partial charge in [0, 0.05) is 37.7 Å². The zero-order valence-electron chi connectivity index (χ0n) is 9.94. The van der Waals surface area contributed by atoms with Gasteiger partial charge in [0.15, 0.2) is 0 Å². The van der Waals surface area contributed by atoms with Crippen molar-refractivity contribution in [1.29, 1.82) is 0 Å². The van der Waals surface area contributed by atoms with Crippen molar-refractivity contribution < 1.29 is 9.53 Å². The standard InChI is InChI=1S/C12H18N2O2S/c1-16-9-8-13-6-7-14-12(15)5-4-11-3-2-10-17-11/h2-5,10,13H,6-9H2,1H3,(H,14,15)/b5-4+. The molecule has 4 nitrogen and oxygen atoms in total. The van der Waals surface area contributed by atoms with Crippen LogP contribution in [0.3, 0.4) is 0 Å². The summed E-state index contributed by atoms with van der Waals surface area (Å²) in [4.78, 5) is 12.5. The Balaban J connectivity index is 2.05. The lowest BCUT2D eigenvalue weighted by Crippen LogP contribution is -2.32. The molecule has 0 aromatic carbocycles. The van der Waals surface area contributed by atoms with Crippen LogP contribution in [0.5, 0.6) is 0 Å². The molecule has 0 bridgehead atoms. The average molecular weight is 254 g/mol. The van der Waals surface area contributed by atoms with Crippen molar-refractivity contribution in [3.63, 3.8) is 0 Å². The fourth-order valence-electron chi connectivity index (χ4n) is 1.18. The second-order valence-electron chi connectivity index (χ2n) is 3.38. The number of rotatable bonds is 8. The Kier molecular flexibility index (Phi) is 7.29. The van der Waals surface area contributed by atoms with Gasteiger partial charge in [-0.15, -0.1) is 11.3 Å². The van der Waals surface area contributed by atoms with Crippen molar-refractivity contribution >= 4 is 23.3 Å². The average Bonchev–Trinajstić information content (AvgIpc) is 2.84. The molecule has 0 saturated heterocycles. The molecule has 0 aliphatic rings. The summed E-state index contributed by atoms with van der Waals surface area (Å²) >= 11 is 1.61. The first-order valence-electron chi connectivity index (χ1n) is 5.52. The number of nitrogens with one attached hydrogen (secondary N) is 2. The number of carbonyl (C=O) groups is 1. The Morgan fingerprint density at radius 1 is 1.47 bits per heavy atom. The Bertz CT molecular complexity index is 336. The normalized spacial score (nSPS) is 10.9. The largest absolute Gasteiger partial charge is 0.383 e. The summed E-state index contributed by atoms with van der Waals surface area (Å²) in [6.07, 6.45) is 3.37. The number of thiophene rings is 1. The lowest BCUT2D eigenvalue weighted by atomic mass is 10.4. The van der Waals surface area contributed by atoms with E-state index in [1.165, 1.54) is 0 Å². The fraction of sp³-hybridized carbons (Fsp3) is 0.417. The first-order valence-corrected chi connectivity index (χ1v) is 6.40. The maximum atomic E-state index is 11.4. The van der Waals surface area contributed by atoms with Gasteiger partial charge in [0.2, 0.25) is 5.91 Å². The summed E-state index contributed by atoms with van der Waals surface area (Å²) < 4.78 is 4.89. The van der Waals surface area contributed by atoms with Crippen molar-refractivity contribution in [1.82, 2.24) is 10.6 Å². The van der Waals surface area contributed by atoms with Gasteiger partial charge >= 0.3 is 0 Å². The minimum Gasteiger partial charge on any atom is -0.383 e. The summed E-state index contributed by atoms with van der Waals surface area (Å²) in [5.74, 6) is -0.0630. The zero-order chi connectivity index (χ0) is 12.3. The summed E-state index contributed by atoms with van der Waals surface area (Å²) in [5, 5.41) is 7.93. The lowest BCUT2D eigenvalue weighted by molar-refractivity contribution is -0.116. The molecule has 0 aliphatic heterocycles. The molecule has 0 spiro atoms. The van der Waals surface area contributed by atoms with Gasteiger partial charge in [-0.2, -0.15) is 0 Å². The van der Waals surface area contributed by atoms with Crippen LogP contribution in [0.25, 0.3) is 6.08 Å². The molecular weight excluding hydrogens is 236 g/mol. The smallest absolute Gasteiger partial charge is 0.244 e. The molecule has 5 heteroatoms. The monoisotopic (exact) mass is 254 g/mol. The van der Waals surface area contributed by atoms with Gasteiger partial charge in [0.1, 0.15) is 0 Å². The number of carbonyl (C=O) groups excluding carboxylic acids is 1. The van der Waals surface area contributed by atoms with Crippen LogP contribution in [0.2, 0.25) is 0 Å². The Morgan fingerprint density at radius 2 is 2.35 bits per heavy atom. The molecule has 2 N–H and O–H groups in total. The molecule has 1 aromatic heterocycles. The molecule has 0 unspecified atom stereocenters. The van der Waals surface area contributed by atoms with Crippen molar-refractivity contribution in [2.24, 2.45) is 0 Å². The molecule has 0 atom stereocenters. The summed E-state index contributed by atoms with van der Waals surface area (Å²) in [6.45, 7) is 2.86. The number of amides is 1. The third-order valence-electron chi connectivity index (χ3n) is 2.03. The molecule has 0 radical (unpaired) electrons. The first kappa shape index (κ1) is 13.9. The maximum Gasteiger partial charge on any atom is 0.244 e. The molecular formula is C12H18N2O2S. The molecule has 17 heavy (non-hydrogen) atoms. The van der Waals surface area contributed by atoms with E-state index in [4.69, 9.17) is 4.74 Å². The number of methoxy groups -OCH3 is 1. The minimum absolute atomic E-state index is 0.0630. The molecule has 0 fully saturated rings. The van der Waals surface area contributed by atoms with E-state index >= 15 is 0 Å². The van der Waals surface area contributed by atoms with Gasteiger partial charge in [-0.1, -0.05) is 6.07 Å².